The number of rotatable bonds is 7. The van der Waals surface area contributed by atoms with E-state index in [-0.39, 0.29) is 12.2 Å². The maximum atomic E-state index is 10.8. The molecule has 0 bridgehead atoms. The molecule has 5 nitrogen and oxygen atoms in total. The first-order chi connectivity index (χ1) is 7.75. The number of aromatic nitrogens is 1. The number of hydrogen-bond donors (Lipinski definition) is 3. The monoisotopic (exact) mass is 224 g/mol. The second-order valence-electron chi connectivity index (χ2n) is 3.44. The Kier molecular flexibility index (Phi) is 5.28. The van der Waals surface area contributed by atoms with Gasteiger partial charge in [0.2, 0.25) is 0 Å². The predicted molar refractivity (Wildman–Crippen MR) is 60.6 cm³/mol. The summed E-state index contributed by atoms with van der Waals surface area (Å²) < 4.78 is 0. The van der Waals surface area contributed by atoms with Crippen molar-refractivity contribution in [3.8, 4) is 0 Å². The van der Waals surface area contributed by atoms with E-state index >= 15 is 0 Å². The first-order valence-electron chi connectivity index (χ1n) is 5.27. The van der Waals surface area contributed by atoms with Crippen molar-refractivity contribution in [2.75, 3.05) is 18.5 Å². The van der Waals surface area contributed by atoms with E-state index < -0.39 is 5.97 Å². The lowest BCUT2D eigenvalue weighted by Gasteiger charge is -2.08. The molecule has 0 radical (unpaired) electrons. The van der Waals surface area contributed by atoms with E-state index in [1.807, 2.05) is 0 Å². The predicted octanol–water partition coefficient (Wildman–Crippen LogP) is 1.35. The van der Waals surface area contributed by atoms with Crippen LogP contribution in [0.4, 0.5) is 5.69 Å². The quantitative estimate of drug-likeness (QED) is 0.609. The molecule has 1 aromatic rings. The number of hydrogen-bond acceptors (Lipinski definition) is 4. The van der Waals surface area contributed by atoms with Crippen LogP contribution >= 0.6 is 0 Å². The van der Waals surface area contributed by atoms with E-state index in [1.54, 1.807) is 12.3 Å². The van der Waals surface area contributed by atoms with Crippen LogP contribution in [0.25, 0.3) is 0 Å². The topological polar surface area (TPSA) is 82.5 Å². The van der Waals surface area contributed by atoms with E-state index in [0.717, 1.165) is 19.3 Å². The normalized spacial score (nSPS) is 10.1. The van der Waals surface area contributed by atoms with E-state index in [4.69, 9.17) is 10.2 Å². The number of carboxylic acids is 1. The number of carboxylic acid groups (broad SMARTS) is 1. The molecule has 0 amide bonds. The van der Waals surface area contributed by atoms with E-state index in [9.17, 15) is 4.79 Å². The van der Waals surface area contributed by atoms with Gasteiger partial charge in [0.1, 0.15) is 5.56 Å². The van der Waals surface area contributed by atoms with Crippen LogP contribution in [-0.2, 0) is 0 Å². The summed E-state index contributed by atoms with van der Waals surface area (Å²) in [5.41, 5.74) is 0.774. The Labute approximate surface area is 94.1 Å². The summed E-state index contributed by atoms with van der Waals surface area (Å²) in [4.78, 5) is 14.6. The molecule has 0 unspecified atom stereocenters. The lowest BCUT2D eigenvalue weighted by atomic mass is 10.2. The van der Waals surface area contributed by atoms with Crippen molar-refractivity contribution in [1.82, 2.24) is 4.98 Å². The van der Waals surface area contributed by atoms with Gasteiger partial charge in [-0.05, 0) is 25.3 Å². The Hall–Kier alpha value is -1.62. The minimum atomic E-state index is -0.981. The Balaban J connectivity index is 2.44. The van der Waals surface area contributed by atoms with Crippen LogP contribution in [0.1, 0.15) is 29.6 Å². The standard InChI is InChI=1S/C11H16N2O3/c14-7-3-1-2-5-13-10-4-6-12-8-9(10)11(15)16/h4,6,8,14H,1-3,5,7H2,(H,12,13)(H,15,16). The number of aromatic carboxylic acids is 1. The summed E-state index contributed by atoms with van der Waals surface area (Å²) >= 11 is 0. The molecule has 0 aliphatic heterocycles. The number of unbranched alkanes of at least 4 members (excludes halogenated alkanes) is 2. The van der Waals surface area contributed by atoms with Gasteiger partial charge in [0.05, 0.1) is 5.69 Å². The summed E-state index contributed by atoms with van der Waals surface area (Å²) in [6.45, 7) is 0.903. The third kappa shape index (κ3) is 3.86. The molecule has 0 atom stereocenters. The zero-order valence-electron chi connectivity index (χ0n) is 9.02. The van der Waals surface area contributed by atoms with E-state index in [1.165, 1.54) is 6.20 Å². The summed E-state index contributed by atoms with van der Waals surface area (Å²) in [5, 5.41) is 20.5. The number of nitrogens with one attached hydrogen (secondary N) is 1. The van der Waals surface area contributed by atoms with Crippen LogP contribution in [0.3, 0.4) is 0 Å². The third-order valence-electron chi connectivity index (χ3n) is 2.20. The van der Waals surface area contributed by atoms with Crippen LogP contribution in [0.2, 0.25) is 0 Å². The SMILES string of the molecule is O=C(O)c1cnccc1NCCCCCO. The Morgan fingerprint density at radius 2 is 2.19 bits per heavy atom. The van der Waals surface area contributed by atoms with E-state index in [0.29, 0.717) is 12.2 Å². The number of nitrogens with zero attached hydrogens (tertiary/aromatic N) is 1. The molecular formula is C11H16N2O3. The Morgan fingerprint density at radius 1 is 1.38 bits per heavy atom. The van der Waals surface area contributed by atoms with Gasteiger partial charge in [-0.15, -0.1) is 0 Å². The molecule has 16 heavy (non-hydrogen) atoms. The molecule has 0 saturated heterocycles. The fourth-order valence-corrected chi connectivity index (χ4v) is 1.36. The van der Waals surface area contributed by atoms with Crippen LogP contribution in [0.15, 0.2) is 18.5 Å². The molecule has 0 aliphatic carbocycles. The molecule has 3 N–H and O–H groups in total. The van der Waals surface area contributed by atoms with E-state index in [2.05, 4.69) is 10.3 Å². The zero-order chi connectivity index (χ0) is 11.8. The third-order valence-corrected chi connectivity index (χ3v) is 2.20. The molecule has 88 valence electrons. The summed E-state index contributed by atoms with van der Waals surface area (Å²) in [6, 6.07) is 1.65. The molecule has 0 aromatic carbocycles. The number of aliphatic hydroxyl groups excluding tert-OH is 1. The van der Waals surface area contributed by atoms with Gasteiger partial charge in [-0.1, -0.05) is 0 Å². The maximum Gasteiger partial charge on any atom is 0.339 e. The average Bonchev–Trinajstić information content (AvgIpc) is 2.29. The molecule has 1 heterocycles. The fraction of sp³-hybridized carbons (Fsp3) is 0.455. The minimum Gasteiger partial charge on any atom is -0.478 e. The Morgan fingerprint density at radius 3 is 2.88 bits per heavy atom. The van der Waals surface area contributed by atoms with Crippen molar-refractivity contribution in [1.29, 1.82) is 0 Å². The van der Waals surface area contributed by atoms with Gasteiger partial charge in [-0.25, -0.2) is 4.79 Å². The molecule has 0 fully saturated rings. The smallest absolute Gasteiger partial charge is 0.339 e. The first-order valence-corrected chi connectivity index (χ1v) is 5.27. The number of carbonyl (C=O) groups is 1. The lowest BCUT2D eigenvalue weighted by Crippen LogP contribution is -2.08. The molecule has 1 aromatic heterocycles. The van der Waals surface area contributed by atoms with Gasteiger partial charge in [-0.2, -0.15) is 0 Å². The van der Waals surface area contributed by atoms with Crippen LogP contribution < -0.4 is 5.32 Å². The minimum absolute atomic E-state index is 0.185. The summed E-state index contributed by atoms with van der Waals surface area (Å²) in [6.07, 6.45) is 5.50. The van der Waals surface area contributed by atoms with Crippen molar-refractivity contribution < 1.29 is 15.0 Å². The van der Waals surface area contributed by atoms with Crippen LogP contribution in [0.5, 0.6) is 0 Å². The van der Waals surface area contributed by atoms with Crippen molar-refractivity contribution in [2.24, 2.45) is 0 Å². The highest BCUT2D eigenvalue weighted by Crippen LogP contribution is 2.13. The van der Waals surface area contributed by atoms with Crippen LogP contribution in [0, 0.1) is 0 Å². The Bertz CT molecular complexity index is 342. The number of pyridine rings is 1. The average molecular weight is 224 g/mol. The zero-order valence-corrected chi connectivity index (χ0v) is 9.02. The van der Waals surface area contributed by atoms with Crippen molar-refractivity contribution in [3.63, 3.8) is 0 Å². The fourth-order valence-electron chi connectivity index (χ4n) is 1.36. The van der Waals surface area contributed by atoms with Crippen molar-refractivity contribution >= 4 is 11.7 Å². The van der Waals surface area contributed by atoms with Gasteiger partial charge in [-0.3, -0.25) is 4.98 Å². The largest absolute Gasteiger partial charge is 0.478 e. The molecular weight excluding hydrogens is 208 g/mol. The highest BCUT2D eigenvalue weighted by atomic mass is 16.4. The number of anilines is 1. The van der Waals surface area contributed by atoms with Crippen molar-refractivity contribution in [2.45, 2.75) is 19.3 Å². The molecule has 1 rings (SSSR count). The second-order valence-corrected chi connectivity index (χ2v) is 3.44. The molecule has 0 saturated carbocycles. The van der Waals surface area contributed by atoms with Gasteiger partial charge < -0.3 is 15.5 Å². The van der Waals surface area contributed by atoms with Gasteiger partial charge in [0, 0.05) is 25.5 Å². The number of aliphatic hydroxyl groups is 1. The van der Waals surface area contributed by atoms with Crippen LogP contribution in [-0.4, -0.2) is 34.3 Å². The lowest BCUT2D eigenvalue weighted by molar-refractivity contribution is 0.0697. The first kappa shape index (κ1) is 12.4. The van der Waals surface area contributed by atoms with Gasteiger partial charge >= 0.3 is 5.97 Å². The maximum absolute atomic E-state index is 10.8. The second kappa shape index (κ2) is 6.79. The van der Waals surface area contributed by atoms with Gasteiger partial charge in [0.25, 0.3) is 0 Å². The molecule has 0 spiro atoms. The summed E-state index contributed by atoms with van der Waals surface area (Å²) in [5.74, 6) is -0.981. The highest BCUT2D eigenvalue weighted by Gasteiger charge is 2.08. The van der Waals surface area contributed by atoms with Gasteiger partial charge in [0.15, 0.2) is 0 Å². The molecule has 5 heteroatoms. The molecule has 0 aliphatic rings. The highest BCUT2D eigenvalue weighted by molar-refractivity contribution is 5.93. The van der Waals surface area contributed by atoms with Crippen molar-refractivity contribution in [3.05, 3.63) is 24.0 Å². The summed E-state index contributed by atoms with van der Waals surface area (Å²) in [7, 11) is 0.